The predicted molar refractivity (Wildman–Crippen MR) is 94.7 cm³/mol. The van der Waals surface area contributed by atoms with E-state index in [9.17, 15) is 0 Å². The highest BCUT2D eigenvalue weighted by Crippen LogP contribution is 2.29. The van der Waals surface area contributed by atoms with Gasteiger partial charge in [-0.05, 0) is 13.0 Å². The molecule has 0 saturated heterocycles. The monoisotopic (exact) mass is 300 g/mol. The van der Waals surface area contributed by atoms with Crippen LogP contribution < -0.4 is 0 Å². The van der Waals surface area contributed by atoms with E-state index in [1.54, 1.807) is 12.5 Å². The molecule has 0 radical (unpaired) electrons. The quantitative estimate of drug-likeness (QED) is 0.791. The van der Waals surface area contributed by atoms with Crippen molar-refractivity contribution in [3.05, 3.63) is 77.1 Å². The first-order valence-electron chi connectivity index (χ1n) is 7.53. The van der Waals surface area contributed by atoms with E-state index in [2.05, 4.69) is 42.2 Å². The molecular weight excluding hydrogens is 284 g/mol. The second-order valence-corrected chi connectivity index (χ2v) is 5.67. The van der Waals surface area contributed by atoms with Gasteiger partial charge in [-0.2, -0.15) is 0 Å². The van der Waals surface area contributed by atoms with Crippen molar-refractivity contribution in [3.8, 4) is 0 Å². The molecule has 4 heteroatoms. The summed E-state index contributed by atoms with van der Waals surface area (Å²) in [7, 11) is 1.93. The Morgan fingerprint density at radius 3 is 2.52 bits per heavy atom. The smallest absolute Gasteiger partial charge is 0.161 e. The molecule has 2 heterocycles. The molecule has 0 fully saturated rings. The van der Waals surface area contributed by atoms with E-state index in [-0.39, 0.29) is 0 Å². The Bertz CT molecular complexity index is 886. The van der Waals surface area contributed by atoms with Gasteiger partial charge in [-0.3, -0.25) is 0 Å². The molecule has 23 heavy (non-hydrogen) atoms. The van der Waals surface area contributed by atoms with Crippen LogP contribution in [0.5, 0.6) is 0 Å². The van der Waals surface area contributed by atoms with E-state index in [0.29, 0.717) is 0 Å². The topological polar surface area (TPSA) is 40.3 Å². The average Bonchev–Trinajstić information content (AvgIpc) is 2.74. The van der Waals surface area contributed by atoms with Crippen LogP contribution in [0.2, 0.25) is 0 Å². The number of nitrogens with zero attached hydrogens (tertiary/aromatic N) is 4. The summed E-state index contributed by atoms with van der Waals surface area (Å²) >= 11 is 0. The van der Waals surface area contributed by atoms with E-state index in [0.717, 1.165) is 34.1 Å². The van der Waals surface area contributed by atoms with Crippen LogP contribution in [0, 0.1) is 6.92 Å². The summed E-state index contributed by atoms with van der Waals surface area (Å²) in [5, 5.41) is 0. The van der Waals surface area contributed by atoms with Crippen LogP contribution in [0.25, 0.3) is 0 Å². The van der Waals surface area contributed by atoms with Gasteiger partial charge in [0.2, 0.25) is 0 Å². The van der Waals surface area contributed by atoms with Crippen molar-refractivity contribution in [2.75, 3.05) is 7.05 Å². The third-order valence-electron chi connectivity index (χ3n) is 3.94. The number of para-hydroxylation sites is 1. The zero-order valence-electron chi connectivity index (χ0n) is 13.1. The molecule has 2 aromatic carbocycles. The highest BCUT2D eigenvalue weighted by molar-refractivity contribution is 6.20. The SMILES string of the molecule is Cc1ccc(C2=NC3=CN=CN(C)C3=Nc3ccccc32)cc1. The number of aryl methyl sites for hydroxylation is 1. The predicted octanol–water partition coefficient (Wildman–Crippen LogP) is 3.69. The molecule has 0 aromatic heterocycles. The number of hydrogen-bond acceptors (Lipinski definition) is 4. The molecule has 0 bridgehead atoms. The molecule has 0 spiro atoms. The van der Waals surface area contributed by atoms with E-state index in [1.165, 1.54) is 5.56 Å². The summed E-state index contributed by atoms with van der Waals surface area (Å²) in [6.45, 7) is 2.08. The van der Waals surface area contributed by atoms with Crippen molar-refractivity contribution >= 4 is 23.6 Å². The minimum atomic E-state index is 0.779. The fourth-order valence-electron chi connectivity index (χ4n) is 2.71. The third kappa shape index (κ3) is 2.38. The Kier molecular flexibility index (Phi) is 3.15. The van der Waals surface area contributed by atoms with Gasteiger partial charge in [-0.1, -0.05) is 48.0 Å². The van der Waals surface area contributed by atoms with E-state index in [1.807, 2.05) is 30.1 Å². The number of amidine groups is 1. The molecule has 0 saturated carbocycles. The van der Waals surface area contributed by atoms with Crippen LogP contribution in [0.15, 0.2) is 75.4 Å². The summed E-state index contributed by atoms with van der Waals surface area (Å²) in [5.74, 6) is 0.814. The summed E-state index contributed by atoms with van der Waals surface area (Å²) in [4.78, 5) is 15.8. The Labute approximate surface area is 135 Å². The van der Waals surface area contributed by atoms with Gasteiger partial charge in [0.25, 0.3) is 0 Å². The molecule has 0 aliphatic carbocycles. The maximum absolute atomic E-state index is 4.88. The molecule has 4 rings (SSSR count). The Morgan fingerprint density at radius 1 is 0.913 bits per heavy atom. The number of benzene rings is 2. The summed E-state index contributed by atoms with van der Waals surface area (Å²) in [6.07, 6.45) is 3.51. The number of aliphatic imine (C=N–C) groups is 3. The number of fused-ring (bicyclic) bond motifs is 2. The average molecular weight is 300 g/mol. The van der Waals surface area contributed by atoms with Crippen LogP contribution in [0.4, 0.5) is 5.69 Å². The molecule has 2 aromatic rings. The lowest BCUT2D eigenvalue weighted by Gasteiger charge is -2.18. The van der Waals surface area contributed by atoms with E-state index in [4.69, 9.17) is 9.98 Å². The first-order valence-corrected chi connectivity index (χ1v) is 7.53. The molecule has 0 N–H and O–H groups in total. The fraction of sp³-hybridized carbons (Fsp3) is 0.105. The van der Waals surface area contributed by atoms with Crippen molar-refractivity contribution in [2.45, 2.75) is 6.92 Å². The van der Waals surface area contributed by atoms with Gasteiger partial charge in [0.1, 0.15) is 5.70 Å². The minimum absolute atomic E-state index is 0.779. The number of hydrogen-bond donors (Lipinski definition) is 0. The molecule has 2 aliphatic rings. The number of likely N-dealkylation sites (N-methyl/N-ethyl adjacent to an activating group) is 1. The Morgan fingerprint density at radius 2 is 1.70 bits per heavy atom. The molecular formula is C19H16N4. The van der Waals surface area contributed by atoms with Crippen LogP contribution in [-0.4, -0.2) is 29.8 Å². The maximum atomic E-state index is 4.88. The second-order valence-electron chi connectivity index (χ2n) is 5.67. The van der Waals surface area contributed by atoms with Crippen molar-refractivity contribution in [1.29, 1.82) is 0 Å². The molecule has 2 aliphatic heterocycles. The van der Waals surface area contributed by atoms with Gasteiger partial charge in [-0.15, -0.1) is 0 Å². The minimum Gasteiger partial charge on any atom is -0.318 e. The molecule has 0 amide bonds. The second kappa shape index (κ2) is 5.32. The molecule has 0 atom stereocenters. The zero-order chi connectivity index (χ0) is 15.8. The molecule has 0 unspecified atom stereocenters. The van der Waals surface area contributed by atoms with Gasteiger partial charge in [0.05, 0.1) is 23.9 Å². The molecule has 4 nitrogen and oxygen atoms in total. The van der Waals surface area contributed by atoms with Gasteiger partial charge < -0.3 is 4.90 Å². The van der Waals surface area contributed by atoms with Gasteiger partial charge in [0, 0.05) is 18.2 Å². The highest BCUT2D eigenvalue weighted by Gasteiger charge is 2.22. The van der Waals surface area contributed by atoms with Crippen LogP contribution in [0.1, 0.15) is 16.7 Å². The van der Waals surface area contributed by atoms with Crippen molar-refractivity contribution in [2.24, 2.45) is 15.0 Å². The van der Waals surface area contributed by atoms with E-state index < -0.39 is 0 Å². The summed E-state index contributed by atoms with van der Waals surface area (Å²) < 4.78 is 0. The standard InChI is InChI=1S/C19H16N4/c1-13-7-9-14(10-8-13)18-15-5-3-4-6-16(15)22-19-17(21-18)11-20-12-23(19)2/h3-12H,1-2H3. The van der Waals surface area contributed by atoms with Gasteiger partial charge >= 0.3 is 0 Å². The van der Waals surface area contributed by atoms with Crippen LogP contribution >= 0.6 is 0 Å². The van der Waals surface area contributed by atoms with Gasteiger partial charge in [-0.25, -0.2) is 15.0 Å². The largest absolute Gasteiger partial charge is 0.318 e. The van der Waals surface area contributed by atoms with Crippen molar-refractivity contribution in [1.82, 2.24) is 4.90 Å². The van der Waals surface area contributed by atoms with E-state index >= 15 is 0 Å². The normalized spacial score (nSPS) is 15.9. The lowest BCUT2D eigenvalue weighted by Crippen LogP contribution is -2.28. The molecule has 112 valence electrons. The van der Waals surface area contributed by atoms with Crippen LogP contribution in [0.3, 0.4) is 0 Å². The van der Waals surface area contributed by atoms with Crippen molar-refractivity contribution < 1.29 is 0 Å². The number of rotatable bonds is 1. The fourth-order valence-corrected chi connectivity index (χ4v) is 2.71. The van der Waals surface area contributed by atoms with Crippen molar-refractivity contribution in [3.63, 3.8) is 0 Å². The van der Waals surface area contributed by atoms with Gasteiger partial charge in [0.15, 0.2) is 5.84 Å². The third-order valence-corrected chi connectivity index (χ3v) is 3.94. The highest BCUT2D eigenvalue weighted by atomic mass is 15.2. The Hall–Kier alpha value is -3.01. The first-order chi connectivity index (χ1) is 11.2. The first kappa shape index (κ1) is 13.6. The zero-order valence-corrected chi connectivity index (χ0v) is 13.1. The maximum Gasteiger partial charge on any atom is 0.161 e. The lowest BCUT2D eigenvalue weighted by atomic mass is 10.00. The Balaban J connectivity index is 1.97. The summed E-state index contributed by atoms with van der Waals surface area (Å²) in [6, 6.07) is 16.5. The summed E-state index contributed by atoms with van der Waals surface area (Å²) in [5.41, 5.74) is 5.98. The lowest BCUT2D eigenvalue weighted by molar-refractivity contribution is 0.765. The van der Waals surface area contributed by atoms with Crippen LogP contribution in [-0.2, 0) is 0 Å².